The van der Waals surface area contributed by atoms with Crippen LogP contribution in [0.1, 0.15) is 27.3 Å². The van der Waals surface area contributed by atoms with Crippen molar-refractivity contribution in [3.8, 4) is 0 Å². The summed E-state index contributed by atoms with van der Waals surface area (Å²) in [6, 6.07) is 17.2. The number of morpholine rings is 1. The van der Waals surface area contributed by atoms with Gasteiger partial charge in [0.25, 0.3) is 5.91 Å². The molecule has 1 aromatic heterocycles. The fourth-order valence-electron chi connectivity index (χ4n) is 4.10. The summed E-state index contributed by atoms with van der Waals surface area (Å²) in [5.41, 5.74) is 5.37. The molecule has 0 radical (unpaired) electrons. The van der Waals surface area contributed by atoms with Gasteiger partial charge in [0.05, 0.1) is 32.0 Å². The lowest BCUT2D eigenvalue weighted by molar-refractivity contribution is -0.116. The van der Waals surface area contributed by atoms with Gasteiger partial charge in [-0.15, -0.1) is 0 Å². The van der Waals surface area contributed by atoms with Crippen LogP contribution < -0.4 is 10.2 Å². The smallest absolute Gasteiger partial charge is 0.254 e. The number of aryl methyl sites for hydroxylation is 2. The van der Waals surface area contributed by atoms with E-state index < -0.39 is 0 Å². The first kappa shape index (κ1) is 23.5. The average molecular weight is 462 g/mol. The molecule has 1 aliphatic rings. The Bertz CT molecular complexity index is 1150. The number of aromatic nitrogens is 2. The average Bonchev–Trinajstić information content (AvgIpc) is 3.16. The molecular weight excluding hydrogens is 430 g/mol. The third-order valence-electron chi connectivity index (χ3n) is 5.86. The van der Waals surface area contributed by atoms with Crippen molar-refractivity contribution in [2.45, 2.75) is 20.4 Å². The van der Waals surface area contributed by atoms with Gasteiger partial charge in [-0.2, -0.15) is 5.10 Å². The molecule has 1 N–H and O–H groups in total. The number of nitrogens with zero attached hydrogens (tertiary/aromatic N) is 4. The van der Waals surface area contributed by atoms with E-state index in [0.717, 1.165) is 48.9 Å². The Labute approximate surface area is 200 Å². The van der Waals surface area contributed by atoms with E-state index in [0.29, 0.717) is 17.8 Å². The Morgan fingerprint density at radius 3 is 2.47 bits per heavy atom. The zero-order valence-electron chi connectivity index (χ0n) is 20.0. The maximum atomic E-state index is 12.9. The zero-order chi connectivity index (χ0) is 24.1. The molecule has 8 heteroatoms. The third kappa shape index (κ3) is 5.82. The molecule has 2 aromatic carbocycles. The van der Waals surface area contributed by atoms with Crippen LogP contribution in [0, 0.1) is 13.8 Å². The highest BCUT2D eigenvalue weighted by atomic mass is 16.5. The number of ether oxygens (including phenoxy) is 1. The maximum absolute atomic E-state index is 12.9. The molecule has 8 nitrogen and oxygen atoms in total. The van der Waals surface area contributed by atoms with E-state index in [1.165, 1.54) is 4.90 Å². The fraction of sp³-hybridized carbons (Fsp3) is 0.346. The summed E-state index contributed by atoms with van der Waals surface area (Å²) in [6.07, 6.45) is 0. The van der Waals surface area contributed by atoms with Crippen LogP contribution in [0.4, 0.5) is 11.4 Å². The number of nitrogens with one attached hydrogen (secondary N) is 1. The first-order valence-electron chi connectivity index (χ1n) is 11.5. The number of hydrogen-bond donors (Lipinski definition) is 1. The van der Waals surface area contributed by atoms with Crippen LogP contribution >= 0.6 is 0 Å². The van der Waals surface area contributed by atoms with Crippen molar-refractivity contribution in [2.24, 2.45) is 0 Å². The second-order valence-electron chi connectivity index (χ2n) is 8.64. The second-order valence-corrected chi connectivity index (χ2v) is 8.64. The maximum Gasteiger partial charge on any atom is 0.254 e. The van der Waals surface area contributed by atoms with E-state index in [2.05, 4.69) is 15.3 Å². The first-order chi connectivity index (χ1) is 16.4. The predicted molar refractivity (Wildman–Crippen MR) is 132 cm³/mol. The van der Waals surface area contributed by atoms with Gasteiger partial charge in [0, 0.05) is 42.8 Å². The number of rotatable bonds is 7. The van der Waals surface area contributed by atoms with E-state index in [1.54, 1.807) is 13.1 Å². The van der Waals surface area contributed by atoms with Crippen LogP contribution in [0.25, 0.3) is 0 Å². The molecule has 0 unspecified atom stereocenters. The number of anilines is 2. The molecule has 0 atom stereocenters. The topological polar surface area (TPSA) is 79.7 Å². The van der Waals surface area contributed by atoms with Gasteiger partial charge in [0.1, 0.15) is 0 Å². The summed E-state index contributed by atoms with van der Waals surface area (Å²) in [5, 5.41) is 7.36. The number of hydrogen-bond acceptors (Lipinski definition) is 5. The van der Waals surface area contributed by atoms with Gasteiger partial charge < -0.3 is 19.9 Å². The summed E-state index contributed by atoms with van der Waals surface area (Å²) in [6.45, 7) is 7.70. The molecule has 1 fully saturated rings. The lowest BCUT2D eigenvalue weighted by Crippen LogP contribution is -2.36. The monoisotopic (exact) mass is 461 g/mol. The minimum atomic E-state index is -0.242. The Balaban J connectivity index is 1.33. The van der Waals surface area contributed by atoms with E-state index in [-0.39, 0.29) is 18.4 Å². The van der Waals surface area contributed by atoms with Crippen molar-refractivity contribution in [3.05, 3.63) is 77.1 Å². The first-order valence-corrected chi connectivity index (χ1v) is 11.5. The standard InChI is InChI=1S/C26H31N5O3/c1-19-15-20(2)31(28-19)17-21-5-4-6-22(16-21)26(33)29(3)18-25(32)27-23-7-9-24(10-8-23)30-11-13-34-14-12-30/h4-10,15-16H,11-14,17-18H2,1-3H3,(H,27,32). The predicted octanol–water partition coefficient (Wildman–Crippen LogP) is 3.10. The lowest BCUT2D eigenvalue weighted by atomic mass is 10.1. The van der Waals surface area contributed by atoms with Crippen LogP contribution in [0.5, 0.6) is 0 Å². The van der Waals surface area contributed by atoms with Crippen molar-refractivity contribution in [1.29, 1.82) is 0 Å². The summed E-state index contributed by atoms with van der Waals surface area (Å²) >= 11 is 0. The van der Waals surface area contributed by atoms with Gasteiger partial charge in [0.2, 0.25) is 5.91 Å². The summed E-state index contributed by atoms with van der Waals surface area (Å²) < 4.78 is 7.31. The van der Waals surface area contributed by atoms with Gasteiger partial charge in [-0.1, -0.05) is 12.1 Å². The van der Waals surface area contributed by atoms with E-state index in [9.17, 15) is 9.59 Å². The SMILES string of the molecule is Cc1cc(C)n(Cc2cccc(C(=O)N(C)CC(=O)Nc3ccc(N4CCOCC4)cc3)c2)n1. The molecular formula is C26H31N5O3. The van der Waals surface area contributed by atoms with Crippen LogP contribution in [0.2, 0.25) is 0 Å². The highest BCUT2D eigenvalue weighted by molar-refractivity contribution is 5.99. The van der Waals surface area contributed by atoms with Crippen molar-refractivity contribution in [1.82, 2.24) is 14.7 Å². The molecule has 1 saturated heterocycles. The fourth-order valence-corrected chi connectivity index (χ4v) is 4.10. The molecule has 3 aromatic rings. The van der Waals surface area contributed by atoms with E-state index >= 15 is 0 Å². The third-order valence-corrected chi connectivity index (χ3v) is 5.86. The number of likely N-dealkylation sites (N-methyl/N-ethyl adjacent to an activating group) is 1. The minimum Gasteiger partial charge on any atom is -0.378 e. The summed E-state index contributed by atoms with van der Waals surface area (Å²) in [4.78, 5) is 29.2. The highest BCUT2D eigenvalue weighted by Gasteiger charge is 2.16. The van der Waals surface area contributed by atoms with E-state index in [1.807, 2.05) is 67.1 Å². The molecule has 0 aliphatic carbocycles. The number of carbonyl (C=O) groups is 2. The van der Waals surface area contributed by atoms with Crippen molar-refractivity contribution in [3.63, 3.8) is 0 Å². The molecule has 0 saturated carbocycles. The molecule has 34 heavy (non-hydrogen) atoms. The van der Waals surface area contributed by atoms with Crippen LogP contribution in [0.15, 0.2) is 54.6 Å². The molecule has 2 heterocycles. The number of carbonyl (C=O) groups excluding carboxylic acids is 2. The highest BCUT2D eigenvalue weighted by Crippen LogP contribution is 2.19. The van der Waals surface area contributed by atoms with E-state index in [4.69, 9.17) is 4.74 Å². The van der Waals surface area contributed by atoms with Crippen LogP contribution in [0.3, 0.4) is 0 Å². The van der Waals surface area contributed by atoms with Crippen molar-refractivity contribution in [2.75, 3.05) is 50.1 Å². The minimum absolute atomic E-state index is 0.0360. The van der Waals surface area contributed by atoms with Gasteiger partial charge >= 0.3 is 0 Å². The Morgan fingerprint density at radius 1 is 1.06 bits per heavy atom. The van der Waals surface area contributed by atoms with Crippen LogP contribution in [-0.2, 0) is 16.1 Å². The molecule has 4 rings (SSSR count). The van der Waals surface area contributed by atoms with Gasteiger partial charge in [0.15, 0.2) is 0 Å². The Hall–Kier alpha value is -3.65. The molecule has 0 spiro atoms. The van der Waals surface area contributed by atoms with Crippen LogP contribution in [-0.4, -0.2) is 66.4 Å². The number of benzene rings is 2. The van der Waals surface area contributed by atoms with Gasteiger partial charge in [-0.3, -0.25) is 14.3 Å². The molecule has 178 valence electrons. The Morgan fingerprint density at radius 2 is 1.79 bits per heavy atom. The molecule has 1 aliphatic heterocycles. The Kier molecular flexibility index (Phi) is 7.27. The summed E-state index contributed by atoms with van der Waals surface area (Å²) in [7, 11) is 1.64. The second kappa shape index (κ2) is 10.5. The van der Waals surface area contributed by atoms with Gasteiger partial charge in [-0.05, 0) is 61.9 Å². The normalized spacial score (nSPS) is 13.6. The lowest BCUT2D eigenvalue weighted by Gasteiger charge is -2.28. The van der Waals surface area contributed by atoms with Crippen molar-refractivity contribution >= 4 is 23.2 Å². The van der Waals surface area contributed by atoms with Gasteiger partial charge in [-0.25, -0.2) is 0 Å². The molecule has 2 amide bonds. The largest absolute Gasteiger partial charge is 0.378 e. The number of amides is 2. The quantitative estimate of drug-likeness (QED) is 0.585. The summed E-state index contributed by atoms with van der Waals surface area (Å²) in [5.74, 6) is -0.443. The van der Waals surface area contributed by atoms with Crippen molar-refractivity contribution < 1.29 is 14.3 Å². The molecule has 0 bridgehead atoms. The zero-order valence-corrected chi connectivity index (χ0v) is 20.0.